The first-order chi connectivity index (χ1) is 11.5. The maximum absolute atomic E-state index is 12.4. The van der Waals surface area contributed by atoms with Crippen LogP contribution in [0.3, 0.4) is 0 Å². The van der Waals surface area contributed by atoms with E-state index in [9.17, 15) is 14.7 Å². The molecule has 1 fully saturated rings. The van der Waals surface area contributed by atoms with Crippen molar-refractivity contribution in [3.8, 4) is 5.69 Å². The number of aromatic nitrogens is 3. The fourth-order valence-electron chi connectivity index (χ4n) is 2.66. The summed E-state index contributed by atoms with van der Waals surface area (Å²) < 4.78 is 1.51. The van der Waals surface area contributed by atoms with Crippen molar-refractivity contribution in [2.24, 2.45) is 0 Å². The lowest BCUT2D eigenvalue weighted by Crippen LogP contribution is -2.56. The predicted octanol–water partition coefficient (Wildman–Crippen LogP) is 1.66. The molecule has 0 unspecified atom stereocenters. The quantitative estimate of drug-likeness (QED) is 0.874. The van der Waals surface area contributed by atoms with Gasteiger partial charge in [0.15, 0.2) is 5.69 Å². The zero-order valence-electron chi connectivity index (χ0n) is 13.2. The SMILES string of the molecule is Cc1cccc(-n2cc(C(=O)NC3(C(=O)O)CCSCC3)nn2)c1. The number of hydrogen-bond donors (Lipinski definition) is 2. The Kier molecular flexibility index (Phi) is 4.57. The number of hydrogen-bond acceptors (Lipinski definition) is 5. The van der Waals surface area contributed by atoms with Gasteiger partial charge in [0.1, 0.15) is 5.54 Å². The number of rotatable bonds is 4. The summed E-state index contributed by atoms with van der Waals surface area (Å²) in [5, 5.41) is 20.0. The Morgan fingerprint density at radius 2 is 2.08 bits per heavy atom. The third kappa shape index (κ3) is 3.28. The lowest BCUT2D eigenvalue weighted by atomic mass is 9.92. The molecule has 7 nitrogen and oxygen atoms in total. The molecule has 24 heavy (non-hydrogen) atoms. The molecule has 1 aromatic carbocycles. The average Bonchev–Trinajstić information content (AvgIpc) is 3.06. The first kappa shape index (κ1) is 16.5. The highest BCUT2D eigenvalue weighted by Gasteiger charge is 2.41. The van der Waals surface area contributed by atoms with Crippen molar-refractivity contribution >= 4 is 23.6 Å². The second-order valence-electron chi connectivity index (χ2n) is 5.84. The van der Waals surface area contributed by atoms with Crippen LogP contribution in [0.2, 0.25) is 0 Å². The minimum absolute atomic E-state index is 0.107. The van der Waals surface area contributed by atoms with Crippen LogP contribution in [0.5, 0.6) is 0 Å². The molecule has 0 saturated carbocycles. The molecular weight excluding hydrogens is 328 g/mol. The second-order valence-corrected chi connectivity index (χ2v) is 7.07. The van der Waals surface area contributed by atoms with Crippen molar-refractivity contribution < 1.29 is 14.7 Å². The third-order valence-corrected chi connectivity index (χ3v) is 5.09. The van der Waals surface area contributed by atoms with Gasteiger partial charge < -0.3 is 10.4 Å². The van der Waals surface area contributed by atoms with E-state index in [-0.39, 0.29) is 5.69 Å². The summed E-state index contributed by atoms with van der Waals surface area (Å²) >= 11 is 1.69. The van der Waals surface area contributed by atoms with Crippen molar-refractivity contribution in [2.75, 3.05) is 11.5 Å². The van der Waals surface area contributed by atoms with Crippen LogP contribution in [0.4, 0.5) is 0 Å². The van der Waals surface area contributed by atoms with E-state index >= 15 is 0 Å². The summed E-state index contributed by atoms with van der Waals surface area (Å²) in [7, 11) is 0. The molecule has 1 aliphatic heterocycles. The van der Waals surface area contributed by atoms with Crippen LogP contribution in [0, 0.1) is 6.92 Å². The summed E-state index contributed by atoms with van der Waals surface area (Å²) in [6.45, 7) is 1.96. The van der Waals surface area contributed by atoms with Gasteiger partial charge in [-0.05, 0) is 49.0 Å². The van der Waals surface area contributed by atoms with E-state index in [0.29, 0.717) is 24.3 Å². The van der Waals surface area contributed by atoms with Crippen molar-refractivity contribution in [1.29, 1.82) is 0 Å². The van der Waals surface area contributed by atoms with E-state index in [1.165, 1.54) is 10.9 Å². The number of carbonyl (C=O) groups excluding carboxylic acids is 1. The summed E-state index contributed by atoms with van der Waals surface area (Å²) in [5.74, 6) is -0.0871. The van der Waals surface area contributed by atoms with Crippen LogP contribution in [0.15, 0.2) is 30.5 Å². The number of carboxylic acids is 1. The number of amides is 1. The molecule has 2 N–H and O–H groups in total. The summed E-state index contributed by atoms with van der Waals surface area (Å²) in [5.41, 5.74) is 0.757. The normalized spacial score (nSPS) is 16.5. The number of carboxylic acid groups (broad SMARTS) is 1. The Hall–Kier alpha value is -2.35. The third-order valence-electron chi connectivity index (χ3n) is 4.10. The molecule has 0 aliphatic carbocycles. The van der Waals surface area contributed by atoms with Crippen LogP contribution < -0.4 is 5.32 Å². The lowest BCUT2D eigenvalue weighted by molar-refractivity contribution is -0.144. The number of aliphatic carboxylic acids is 1. The fourth-order valence-corrected chi connectivity index (χ4v) is 3.85. The smallest absolute Gasteiger partial charge is 0.329 e. The van der Waals surface area contributed by atoms with E-state index < -0.39 is 17.4 Å². The molecule has 126 valence electrons. The zero-order valence-corrected chi connectivity index (χ0v) is 14.0. The van der Waals surface area contributed by atoms with Gasteiger partial charge in [-0.15, -0.1) is 5.10 Å². The van der Waals surface area contributed by atoms with Gasteiger partial charge in [0.2, 0.25) is 0 Å². The first-order valence-corrected chi connectivity index (χ1v) is 8.79. The molecule has 1 aromatic heterocycles. The first-order valence-electron chi connectivity index (χ1n) is 7.63. The molecule has 3 rings (SSSR count). The number of carbonyl (C=O) groups is 2. The molecule has 0 atom stereocenters. The second kappa shape index (κ2) is 6.64. The van der Waals surface area contributed by atoms with Crippen molar-refractivity contribution in [3.05, 3.63) is 41.7 Å². The topological polar surface area (TPSA) is 97.1 Å². The van der Waals surface area contributed by atoms with Gasteiger partial charge in [0.05, 0.1) is 11.9 Å². The van der Waals surface area contributed by atoms with Crippen molar-refractivity contribution in [2.45, 2.75) is 25.3 Å². The standard InChI is InChI=1S/C16H18N4O3S/c1-11-3-2-4-12(9-11)20-10-13(18-19-20)14(21)17-16(15(22)23)5-7-24-8-6-16/h2-4,9-10H,5-8H2,1H3,(H,17,21)(H,22,23). The predicted molar refractivity (Wildman–Crippen MR) is 90.5 cm³/mol. The molecular formula is C16H18N4O3S. The molecule has 0 bridgehead atoms. The maximum Gasteiger partial charge on any atom is 0.329 e. The molecule has 1 aliphatic rings. The van der Waals surface area contributed by atoms with Gasteiger partial charge >= 0.3 is 5.97 Å². The van der Waals surface area contributed by atoms with Crippen LogP contribution >= 0.6 is 11.8 Å². The largest absolute Gasteiger partial charge is 0.480 e. The van der Waals surface area contributed by atoms with Gasteiger partial charge in [0.25, 0.3) is 5.91 Å². The van der Waals surface area contributed by atoms with Crippen molar-refractivity contribution in [1.82, 2.24) is 20.3 Å². The minimum atomic E-state index is -1.21. The van der Waals surface area contributed by atoms with E-state index in [4.69, 9.17) is 0 Å². The highest BCUT2D eigenvalue weighted by molar-refractivity contribution is 7.99. The molecule has 2 heterocycles. The Bertz CT molecular complexity index is 768. The Balaban J connectivity index is 1.79. The van der Waals surface area contributed by atoms with E-state index in [1.54, 1.807) is 11.8 Å². The van der Waals surface area contributed by atoms with Crippen LogP contribution in [0.1, 0.15) is 28.9 Å². The van der Waals surface area contributed by atoms with Crippen LogP contribution in [-0.4, -0.2) is 49.0 Å². The van der Waals surface area contributed by atoms with Gasteiger partial charge in [-0.3, -0.25) is 4.79 Å². The Morgan fingerprint density at radius 1 is 1.33 bits per heavy atom. The summed E-state index contributed by atoms with van der Waals surface area (Å²) in [6, 6.07) is 7.64. The highest BCUT2D eigenvalue weighted by Crippen LogP contribution is 2.27. The van der Waals surface area contributed by atoms with Gasteiger partial charge in [-0.25, -0.2) is 9.48 Å². The zero-order chi connectivity index (χ0) is 17.2. The molecule has 0 spiro atoms. The number of nitrogens with zero attached hydrogens (tertiary/aromatic N) is 3. The van der Waals surface area contributed by atoms with Crippen LogP contribution in [0.25, 0.3) is 5.69 Å². The molecule has 1 amide bonds. The van der Waals surface area contributed by atoms with Gasteiger partial charge in [0, 0.05) is 0 Å². The Morgan fingerprint density at radius 3 is 2.75 bits per heavy atom. The summed E-state index contributed by atoms with van der Waals surface area (Å²) in [4.78, 5) is 24.1. The molecule has 2 aromatic rings. The number of benzene rings is 1. The lowest BCUT2D eigenvalue weighted by Gasteiger charge is -2.33. The minimum Gasteiger partial charge on any atom is -0.480 e. The molecule has 8 heteroatoms. The fraction of sp³-hybridized carbons (Fsp3) is 0.375. The number of aryl methyl sites for hydroxylation is 1. The average molecular weight is 346 g/mol. The van der Waals surface area contributed by atoms with Gasteiger partial charge in [-0.2, -0.15) is 11.8 Å². The highest BCUT2D eigenvalue weighted by atomic mass is 32.2. The van der Waals surface area contributed by atoms with E-state index in [2.05, 4.69) is 15.6 Å². The summed E-state index contributed by atoms with van der Waals surface area (Å²) in [6.07, 6.45) is 2.33. The number of thioether (sulfide) groups is 1. The van der Waals surface area contributed by atoms with E-state index in [1.807, 2.05) is 31.2 Å². The van der Waals surface area contributed by atoms with Crippen LogP contribution in [-0.2, 0) is 4.79 Å². The van der Waals surface area contributed by atoms with Crippen molar-refractivity contribution in [3.63, 3.8) is 0 Å². The van der Waals surface area contributed by atoms with Gasteiger partial charge in [-0.1, -0.05) is 17.3 Å². The monoisotopic (exact) mass is 346 g/mol. The maximum atomic E-state index is 12.4. The Labute approximate surface area is 143 Å². The molecule has 0 radical (unpaired) electrons. The molecule has 1 saturated heterocycles. The van der Waals surface area contributed by atoms with E-state index in [0.717, 1.165) is 11.3 Å². The number of nitrogens with one attached hydrogen (secondary N) is 1.